The molecule has 0 aliphatic rings. The van der Waals surface area contributed by atoms with E-state index in [2.05, 4.69) is 10.2 Å². The van der Waals surface area contributed by atoms with Crippen LogP contribution in [0.15, 0.2) is 56.7 Å². The van der Waals surface area contributed by atoms with Crippen molar-refractivity contribution in [3.63, 3.8) is 0 Å². The lowest BCUT2D eigenvalue weighted by Gasteiger charge is -2.07. The van der Waals surface area contributed by atoms with Crippen LogP contribution in [0.4, 0.5) is 0 Å². The third kappa shape index (κ3) is 3.23. The molecule has 0 radical (unpaired) electrons. The molecule has 2 heterocycles. The Kier molecular flexibility index (Phi) is 4.31. The SMILES string of the molecule is C[C@@H](Sc1nnc(-c2ccco2)o1)C(=O)c1cccc(Cl)c1. The highest BCUT2D eigenvalue weighted by Gasteiger charge is 2.20. The lowest BCUT2D eigenvalue weighted by atomic mass is 10.1. The van der Waals surface area contributed by atoms with E-state index in [0.717, 1.165) is 0 Å². The van der Waals surface area contributed by atoms with Gasteiger partial charge >= 0.3 is 0 Å². The number of ketones is 1. The third-order valence-corrected chi connectivity index (χ3v) is 4.06. The van der Waals surface area contributed by atoms with Gasteiger partial charge in [0.15, 0.2) is 11.5 Å². The summed E-state index contributed by atoms with van der Waals surface area (Å²) in [6.07, 6.45) is 1.53. The molecule has 5 nitrogen and oxygen atoms in total. The van der Waals surface area contributed by atoms with Gasteiger partial charge in [-0.15, -0.1) is 10.2 Å². The standard InChI is InChI=1S/C15H11ClN2O3S/c1-9(13(19)10-4-2-5-11(16)8-10)22-15-18-17-14(21-15)12-6-3-7-20-12/h2-9H,1H3/t9-/m1/s1. The van der Waals surface area contributed by atoms with E-state index >= 15 is 0 Å². The lowest BCUT2D eigenvalue weighted by molar-refractivity contribution is 0.0993. The van der Waals surface area contributed by atoms with E-state index in [9.17, 15) is 4.79 Å². The summed E-state index contributed by atoms with van der Waals surface area (Å²) in [5.74, 6) is 0.730. The number of rotatable bonds is 5. The van der Waals surface area contributed by atoms with Crippen LogP contribution in [-0.4, -0.2) is 21.2 Å². The van der Waals surface area contributed by atoms with Crippen molar-refractivity contribution in [1.82, 2.24) is 10.2 Å². The van der Waals surface area contributed by atoms with Gasteiger partial charge in [0, 0.05) is 10.6 Å². The second-order valence-electron chi connectivity index (χ2n) is 4.49. The summed E-state index contributed by atoms with van der Waals surface area (Å²) in [7, 11) is 0. The third-order valence-electron chi connectivity index (χ3n) is 2.89. The molecule has 3 aromatic rings. The highest BCUT2D eigenvalue weighted by atomic mass is 35.5. The minimum atomic E-state index is -0.372. The molecule has 3 rings (SSSR count). The minimum Gasteiger partial charge on any atom is -0.459 e. The summed E-state index contributed by atoms with van der Waals surface area (Å²) in [5.41, 5.74) is 0.554. The molecule has 0 N–H and O–H groups in total. The average molecular weight is 335 g/mol. The van der Waals surface area contributed by atoms with Crippen LogP contribution in [-0.2, 0) is 0 Å². The van der Waals surface area contributed by atoms with E-state index in [4.69, 9.17) is 20.4 Å². The monoisotopic (exact) mass is 334 g/mol. The van der Waals surface area contributed by atoms with Gasteiger partial charge < -0.3 is 8.83 Å². The van der Waals surface area contributed by atoms with E-state index in [1.807, 2.05) is 0 Å². The summed E-state index contributed by atoms with van der Waals surface area (Å²) in [6.45, 7) is 1.78. The van der Waals surface area contributed by atoms with Crippen molar-refractivity contribution in [2.24, 2.45) is 0 Å². The Hall–Kier alpha value is -2.05. The molecular formula is C15H11ClN2O3S. The lowest BCUT2D eigenvalue weighted by Crippen LogP contribution is -2.13. The van der Waals surface area contributed by atoms with Crippen LogP contribution in [0.5, 0.6) is 0 Å². The maximum absolute atomic E-state index is 12.3. The molecule has 0 aliphatic heterocycles. The summed E-state index contributed by atoms with van der Waals surface area (Å²) < 4.78 is 10.7. The molecule has 7 heteroatoms. The predicted octanol–water partition coefficient (Wildman–Crippen LogP) is 4.35. The first-order valence-electron chi connectivity index (χ1n) is 6.47. The molecule has 1 atom stereocenters. The van der Waals surface area contributed by atoms with Gasteiger partial charge in [-0.25, -0.2) is 0 Å². The average Bonchev–Trinajstić information content (AvgIpc) is 3.17. The van der Waals surface area contributed by atoms with Crippen molar-refractivity contribution in [3.8, 4) is 11.7 Å². The maximum Gasteiger partial charge on any atom is 0.284 e. The van der Waals surface area contributed by atoms with Crippen LogP contribution >= 0.6 is 23.4 Å². The van der Waals surface area contributed by atoms with Crippen molar-refractivity contribution in [3.05, 3.63) is 53.2 Å². The number of aromatic nitrogens is 2. The fourth-order valence-electron chi connectivity index (χ4n) is 1.84. The van der Waals surface area contributed by atoms with Crippen molar-refractivity contribution in [2.75, 3.05) is 0 Å². The first-order chi connectivity index (χ1) is 10.6. The largest absolute Gasteiger partial charge is 0.459 e. The van der Waals surface area contributed by atoms with Gasteiger partial charge in [0.25, 0.3) is 11.1 Å². The van der Waals surface area contributed by atoms with Gasteiger partial charge in [0.05, 0.1) is 11.5 Å². The number of halogens is 1. The number of carbonyl (C=O) groups excluding carboxylic acids is 1. The van der Waals surface area contributed by atoms with Crippen molar-refractivity contribution >= 4 is 29.1 Å². The Bertz CT molecular complexity index is 786. The smallest absolute Gasteiger partial charge is 0.284 e. The molecule has 0 saturated carbocycles. The zero-order valence-electron chi connectivity index (χ0n) is 11.5. The van der Waals surface area contributed by atoms with Gasteiger partial charge in [0.1, 0.15) is 0 Å². The Morgan fingerprint density at radius 2 is 2.14 bits per heavy atom. The van der Waals surface area contributed by atoms with E-state index in [0.29, 0.717) is 21.6 Å². The van der Waals surface area contributed by atoms with Crippen LogP contribution < -0.4 is 0 Å². The fourth-order valence-corrected chi connectivity index (χ4v) is 2.79. The Labute approximate surface area is 135 Å². The molecule has 0 unspecified atom stereocenters. The molecule has 0 aliphatic carbocycles. The molecular weight excluding hydrogens is 324 g/mol. The van der Waals surface area contributed by atoms with E-state index in [1.165, 1.54) is 18.0 Å². The molecule has 0 bridgehead atoms. The topological polar surface area (TPSA) is 69.1 Å². The highest BCUT2D eigenvalue weighted by Crippen LogP contribution is 2.28. The van der Waals surface area contributed by atoms with E-state index in [-0.39, 0.29) is 16.9 Å². The zero-order chi connectivity index (χ0) is 15.5. The Balaban J connectivity index is 1.71. The van der Waals surface area contributed by atoms with Crippen LogP contribution in [0.3, 0.4) is 0 Å². The van der Waals surface area contributed by atoms with E-state index in [1.54, 1.807) is 43.3 Å². The molecule has 0 fully saturated rings. The molecule has 22 heavy (non-hydrogen) atoms. The van der Waals surface area contributed by atoms with Gasteiger partial charge in [-0.05, 0) is 31.2 Å². The summed E-state index contributed by atoms with van der Waals surface area (Å²) in [5, 5.41) is 8.28. The van der Waals surface area contributed by atoms with Gasteiger partial charge in [-0.3, -0.25) is 4.79 Å². The summed E-state index contributed by atoms with van der Waals surface area (Å²) in [4.78, 5) is 12.3. The first-order valence-corrected chi connectivity index (χ1v) is 7.73. The number of carbonyl (C=O) groups is 1. The summed E-state index contributed by atoms with van der Waals surface area (Å²) >= 11 is 7.10. The normalized spacial score (nSPS) is 12.3. The number of nitrogens with zero attached hydrogens (tertiary/aromatic N) is 2. The number of benzene rings is 1. The quantitative estimate of drug-likeness (QED) is 0.510. The molecule has 112 valence electrons. The second kappa shape index (κ2) is 6.37. The van der Waals surface area contributed by atoms with Crippen LogP contribution in [0.1, 0.15) is 17.3 Å². The first kappa shape index (κ1) is 14.9. The Morgan fingerprint density at radius 1 is 1.27 bits per heavy atom. The number of Topliss-reactive ketones (excluding diaryl/α,β-unsaturated/α-hetero) is 1. The van der Waals surface area contributed by atoms with Crippen LogP contribution in [0, 0.1) is 0 Å². The van der Waals surface area contributed by atoms with Crippen molar-refractivity contribution in [1.29, 1.82) is 0 Å². The number of furan rings is 1. The van der Waals surface area contributed by atoms with Gasteiger partial charge in [0.2, 0.25) is 0 Å². The predicted molar refractivity (Wildman–Crippen MR) is 83.1 cm³/mol. The number of hydrogen-bond acceptors (Lipinski definition) is 6. The van der Waals surface area contributed by atoms with E-state index < -0.39 is 0 Å². The molecule has 0 spiro atoms. The molecule has 0 saturated heterocycles. The van der Waals surface area contributed by atoms with Gasteiger partial charge in [-0.2, -0.15) is 0 Å². The highest BCUT2D eigenvalue weighted by molar-refractivity contribution is 8.00. The van der Waals surface area contributed by atoms with Crippen molar-refractivity contribution < 1.29 is 13.6 Å². The number of thioether (sulfide) groups is 1. The number of hydrogen-bond donors (Lipinski definition) is 0. The maximum atomic E-state index is 12.3. The van der Waals surface area contributed by atoms with Crippen LogP contribution in [0.2, 0.25) is 5.02 Å². The molecule has 1 aromatic carbocycles. The molecule has 0 amide bonds. The fraction of sp³-hybridized carbons (Fsp3) is 0.133. The van der Waals surface area contributed by atoms with Gasteiger partial charge in [-0.1, -0.05) is 35.5 Å². The summed E-state index contributed by atoms with van der Waals surface area (Å²) in [6, 6.07) is 10.3. The molecule has 2 aromatic heterocycles. The second-order valence-corrected chi connectivity index (χ2v) is 6.21. The zero-order valence-corrected chi connectivity index (χ0v) is 13.1. The Morgan fingerprint density at radius 3 is 2.86 bits per heavy atom. The van der Waals surface area contributed by atoms with Crippen LogP contribution in [0.25, 0.3) is 11.7 Å². The minimum absolute atomic E-state index is 0.0507. The van der Waals surface area contributed by atoms with Crippen molar-refractivity contribution in [2.45, 2.75) is 17.4 Å².